The van der Waals surface area contributed by atoms with Crippen LogP contribution in [0, 0.1) is 17.9 Å². The SMILES string of the molecule is [C-]#[N+]c1c(C#N)c(-n2c3ccccc3c3c4oc5ccccc5c4ccc32)c(-c2cccc3c2sc2ccccc23)c(-n2c3ccccc3c3c4oc5ccccc5c4ccc32)c1-n1c2ccccc2c2c3oc4ccccc4c3ccc21. The molecule has 19 aromatic rings. The minimum atomic E-state index is 0.198. The van der Waals surface area contributed by atoms with Crippen molar-refractivity contribution in [1.82, 2.24) is 13.7 Å². The predicted octanol–water partition coefficient (Wildman–Crippen LogP) is 21.1. The summed E-state index contributed by atoms with van der Waals surface area (Å²) in [5.74, 6) is 0. The van der Waals surface area contributed by atoms with Gasteiger partial charge in [-0.05, 0) is 78.9 Å². The van der Waals surface area contributed by atoms with Gasteiger partial charge in [-0.1, -0.05) is 146 Å². The number of hydrogen-bond acceptors (Lipinski definition) is 5. The fourth-order valence-corrected chi connectivity index (χ4v) is 15.4. The minimum absolute atomic E-state index is 0.198. The third-order valence-corrected chi connectivity index (χ3v) is 18.7. The standard InChI is InChI=1S/C74H37N5O3S/c1-76-67-52(39-75)68(77-53-26-9-2-21-48(53)63-56(77)36-33-44-40-17-5-12-29-59(40)80-71(44)63)66(51-25-16-24-47-43-20-8-15-32-62(43)83-74(47)51)69(78-54-27-10-3-22-49(54)64-57(78)37-34-45-41-18-6-13-30-60(41)81-72(45)64)70(67)79-55-28-11-4-23-50(55)65-58(79)38-35-46-42-19-7-14-31-61(42)82-73(46)65/h2-38H. The largest absolute Gasteiger partial charge is 0.455 e. The quantitative estimate of drug-likeness (QED) is 0.164. The second-order valence-corrected chi connectivity index (χ2v) is 22.6. The first-order chi connectivity index (χ1) is 41.1. The van der Waals surface area contributed by atoms with E-state index < -0.39 is 0 Å². The molecule has 0 bridgehead atoms. The molecule has 0 atom stereocenters. The maximum Gasteiger partial charge on any atom is 0.232 e. The van der Waals surface area contributed by atoms with Crippen LogP contribution in [0.3, 0.4) is 0 Å². The Hall–Kier alpha value is -11.4. The van der Waals surface area contributed by atoms with Crippen molar-refractivity contribution in [3.05, 3.63) is 241 Å². The molecule has 0 aliphatic rings. The number of nitrogens with zero attached hydrogens (tertiary/aromatic N) is 5. The molecule has 19 rings (SSSR count). The van der Waals surface area contributed by atoms with Crippen LogP contribution in [0.2, 0.25) is 0 Å². The highest BCUT2D eigenvalue weighted by molar-refractivity contribution is 7.26. The van der Waals surface area contributed by atoms with E-state index in [9.17, 15) is 11.8 Å². The first-order valence-electron chi connectivity index (χ1n) is 27.6. The molecule has 7 aromatic heterocycles. The number of aromatic nitrogens is 3. The minimum Gasteiger partial charge on any atom is -0.455 e. The highest BCUT2D eigenvalue weighted by Gasteiger charge is 2.35. The van der Waals surface area contributed by atoms with Crippen molar-refractivity contribution in [1.29, 1.82) is 5.26 Å². The number of benzene rings is 12. The molecule has 382 valence electrons. The Kier molecular flexibility index (Phi) is 8.66. The Labute approximate surface area is 473 Å². The van der Waals surface area contributed by atoms with Crippen LogP contribution in [0.1, 0.15) is 5.56 Å². The topological polar surface area (TPSA) is 82.4 Å². The van der Waals surface area contributed by atoms with Crippen molar-refractivity contribution in [3.8, 4) is 34.3 Å². The van der Waals surface area contributed by atoms with Gasteiger partial charge in [-0.15, -0.1) is 11.3 Å². The summed E-state index contributed by atoms with van der Waals surface area (Å²) < 4.78 is 29.9. The van der Waals surface area contributed by atoms with Gasteiger partial charge < -0.3 is 27.0 Å². The van der Waals surface area contributed by atoms with Gasteiger partial charge in [0.25, 0.3) is 0 Å². The van der Waals surface area contributed by atoms with Gasteiger partial charge in [0, 0.05) is 79.8 Å². The lowest BCUT2D eigenvalue weighted by Crippen LogP contribution is -2.12. The van der Waals surface area contributed by atoms with Crippen LogP contribution in [0.5, 0.6) is 0 Å². The fourth-order valence-electron chi connectivity index (χ4n) is 14.2. The Morgan fingerprint density at radius 3 is 1.23 bits per heavy atom. The van der Waals surface area contributed by atoms with E-state index in [-0.39, 0.29) is 11.3 Å². The average molecular weight is 1080 g/mol. The van der Waals surface area contributed by atoms with Crippen LogP contribution in [0.15, 0.2) is 238 Å². The van der Waals surface area contributed by atoms with Gasteiger partial charge in [0.2, 0.25) is 5.69 Å². The van der Waals surface area contributed by atoms with Crippen LogP contribution in [0.4, 0.5) is 5.69 Å². The Morgan fingerprint density at radius 1 is 0.361 bits per heavy atom. The Morgan fingerprint density at radius 2 is 0.759 bits per heavy atom. The molecule has 0 saturated carbocycles. The lowest BCUT2D eigenvalue weighted by atomic mass is 9.92. The number of thiophene rings is 1. The van der Waals surface area contributed by atoms with Crippen molar-refractivity contribution in [3.63, 3.8) is 0 Å². The molecule has 0 aliphatic heterocycles. The van der Waals surface area contributed by atoms with Crippen LogP contribution in [-0.4, -0.2) is 13.7 Å². The van der Waals surface area contributed by atoms with E-state index in [0.717, 1.165) is 168 Å². The van der Waals surface area contributed by atoms with Gasteiger partial charge in [-0.2, -0.15) is 5.26 Å². The van der Waals surface area contributed by atoms with Gasteiger partial charge in [-0.25, -0.2) is 4.85 Å². The number of furan rings is 3. The van der Waals surface area contributed by atoms with E-state index >= 15 is 0 Å². The molecule has 0 N–H and O–H groups in total. The molecule has 0 fully saturated rings. The van der Waals surface area contributed by atoms with Crippen molar-refractivity contribution in [2.45, 2.75) is 0 Å². The van der Waals surface area contributed by atoms with Crippen molar-refractivity contribution in [2.75, 3.05) is 0 Å². The number of hydrogen-bond donors (Lipinski definition) is 0. The molecular weight excluding hydrogens is 1040 g/mol. The van der Waals surface area contributed by atoms with Gasteiger partial charge in [0.1, 0.15) is 33.5 Å². The molecule has 7 heterocycles. The molecule has 12 aromatic carbocycles. The Bertz CT molecular complexity index is 6240. The van der Waals surface area contributed by atoms with Gasteiger partial charge >= 0.3 is 0 Å². The molecule has 0 saturated heterocycles. The van der Waals surface area contributed by atoms with Crippen molar-refractivity contribution < 1.29 is 13.3 Å². The van der Waals surface area contributed by atoms with E-state index in [0.29, 0.717) is 11.4 Å². The van der Waals surface area contributed by atoms with Crippen molar-refractivity contribution in [2.24, 2.45) is 0 Å². The maximum atomic E-state index is 12.5. The summed E-state index contributed by atoms with van der Waals surface area (Å²) in [6.07, 6.45) is 0. The Balaban J connectivity index is 1.11. The van der Waals surface area contributed by atoms with Gasteiger partial charge in [-0.3, -0.25) is 0 Å². The molecule has 0 unspecified atom stereocenters. The average Bonchev–Trinajstić information content (AvgIpc) is 2.04. The van der Waals surface area contributed by atoms with Gasteiger partial charge in [0.15, 0.2) is 0 Å². The third kappa shape index (κ3) is 5.65. The number of para-hydroxylation sites is 6. The normalized spacial score (nSPS) is 12.3. The molecular formula is C74H37N5O3S. The summed E-state index contributed by atoms with van der Waals surface area (Å²) in [6, 6.07) is 80.8. The molecule has 0 aliphatic carbocycles. The van der Waals surface area contributed by atoms with Crippen LogP contribution in [0.25, 0.3) is 184 Å². The highest BCUT2D eigenvalue weighted by atomic mass is 32.1. The molecule has 0 radical (unpaired) electrons. The van der Waals surface area contributed by atoms with E-state index in [1.54, 1.807) is 11.3 Å². The summed E-state index contributed by atoms with van der Waals surface area (Å²) in [5, 5.41) is 26.5. The zero-order valence-corrected chi connectivity index (χ0v) is 44.5. The number of nitriles is 1. The van der Waals surface area contributed by atoms with Gasteiger partial charge in [0.05, 0.1) is 84.5 Å². The third-order valence-electron chi connectivity index (χ3n) is 17.5. The fraction of sp³-hybridized carbons (Fsp3) is 0. The van der Waals surface area contributed by atoms with Crippen LogP contribution in [-0.2, 0) is 0 Å². The number of rotatable bonds is 4. The first kappa shape index (κ1) is 44.5. The molecule has 9 heteroatoms. The smallest absolute Gasteiger partial charge is 0.232 e. The zero-order valence-electron chi connectivity index (χ0n) is 43.7. The summed E-state index contributed by atoms with van der Waals surface area (Å²) in [5.41, 5.74) is 13.8. The van der Waals surface area contributed by atoms with E-state index in [2.05, 4.69) is 201 Å². The first-order valence-corrected chi connectivity index (χ1v) is 28.4. The predicted molar refractivity (Wildman–Crippen MR) is 341 cm³/mol. The lowest BCUT2D eigenvalue weighted by Gasteiger charge is -2.27. The lowest BCUT2D eigenvalue weighted by molar-refractivity contribution is 0.672. The summed E-state index contributed by atoms with van der Waals surface area (Å²) in [4.78, 5) is 4.68. The molecule has 0 amide bonds. The monoisotopic (exact) mass is 1080 g/mol. The molecule has 83 heavy (non-hydrogen) atoms. The summed E-state index contributed by atoms with van der Waals surface area (Å²) >= 11 is 1.74. The maximum absolute atomic E-state index is 12.5. The zero-order chi connectivity index (χ0) is 54.3. The molecule has 0 spiro atoms. The second-order valence-electron chi connectivity index (χ2n) is 21.5. The second kappa shape index (κ2) is 16.2. The van der Waals surface area contributed by atoms with Crippen LogP contribution < -0.4 is 0 Å². The van der Waals surface area contributed by atoms with E-state index in [4.69, 9.17) is 13.3 Å². The molecule has 8 nitrogen and oxygen atoms in total. The summed E-state index contributed by atoms with van der Waals surface area (Å²) in [6.45, 7) is 9.76. The van der Waals surface area contributed by atoms with E-state index in [1.165, 1.54) is 0 Å². The number of fused-ring (bicyclic) bond motifs is 24. The highest BCUT2D eigenvalue weighted by Crippen LogP contribution is 2.56. The van der Waals surface area contributed by atoms with Crippen molar-refractivity contribution >= 4 is 168 Å². The van der Waals surface area contributed by atoms with Crippen LogP contribution >= 0.6 is 11.3 Å². The van der Waals surface area contributed by atoms with E-state index in [1.807, 2.05) is 48.5 Å². The summed E-state index contributed by atoms with van der Waals surface area (Å²) in [7, 11) is 0.